The maximum absolute atomic E-state index is 12.0. The van der Waals surface area contributed by atoms with Crippen molar-refractivity contribution in [2.75, 3.05) is 5.32 Å². The van der Waals surface area contributed by atoms with E-state index in [0.717, 1.165) is 18.2 Å². The molecule has 0 bridgehead atoms. The van der Waals surface area contributed by atoms with Crippen molar-refractivity contribution in [3.8, 4) is 0 Å². The molecule has 0 aliphatic rings. The van der Waals surface area contributed by atoms with Gasteiger partial charge >= 0.3 is 0 Å². The molecule has 8 nitrogen and oxygen atoms in total. The topological polar surface area (TPSA) is 127 Å². The van der Waals surface area contributed by atoms with E-state index in [-0.39, 0.29) is 16.9 Å². The molecule has 0 saturated heterocycles. The molecule has 22 heavy (non-hydrogen) atoms. The first-order valence-corrected chi connectivity index (χ1v) is 7.35. The van der Waals surface area contributed by atoms with Crippen molar-refractivity contribution in [3.05, 3.63) is 64.2 Å². The highest BCUT2D eigenvalue weighted by Crippen LogP contribution is 2.21. The highest BCUT2D eigenvalue weighted by Gasteiger charge is 2.17. The Morgan fingerprint density at radius 2 is 1.68 bits per heavy atom. The molecule has 0 saturated carbocycles. The fourth-order valence-electron chi connectivity index (χ4n) is 1.72. The van der Waals surface area contributed by atoms with Crippen molar-refractivity contribution in [1.82, 2.24) is 0 Å². The van der Waals surface area contributed by atoms with Crippen LogP contribution >= 0.6 is 0 Å². The molecule has 9 heteroatoms. The van der Waals surface area contributed by atoms with Crippen LogP contribution in [0.4, 0.5) is 11.4 Å². The maximum Gasteiger partial charge on any atom is 0.296 e. The summed E-state index contributed by atoms with van der Waals surface area (Å²) in [5.74, 6) is -0.661. The van der Waals surface area contributed by atoms with Crippen molar-refractivity contribution in [2.24, 2.45) is 0 Å². The Kier molecular flexibility index (Phi) is 4.20. The third kappa shape index (κ3) is 3.45. The smallest absolute Gasteiger partial charge is 0.296 e. The number of nitrogens with one attached hydrogen (secondary N) is 1. The standard InChI is InChI=1S/C13H10N2O6S/c16-13(9-5-7-10(8-6-9)15(17)18)14-11-3-1-2-4-12(11)22(19,20)21/h1-8H,(H,14,16)(H,19,20,21). The lowest BCUT2D eigenvalue weighted by atomic mass is 10.2. The molecule has 0 atom stereocenters. The molecule has 0 spiro atoms. The van der Waals surface area contributed by atoms with Crippen LogP contribution in [0.25, 0.3) is 0 Å². The van der Waals surface area contributed by atoms with E-state index in [1.165, 1.54) is 30.3 Å². The lowest BCUT2D eigenvalue weighted by Crippen LogP contribution is -2.14. The number of anilines is 1. The summed E-state index contributed by atoms with van der Waals surface area (Å²) in [6, 6.07) is 10.1. The fourth-order valence-corrected chi connectivity index (χ4v) is 2.37. The Labute approximate surface area is 125 Å². The Hall–Kier alpha value is -2.78. The van der Waals surface area contributed by atoms with Gasteiger partial charge in [0, 0.05) is 17.7 Å². The third-order valence-electron chi connectivity index (χ3n) is 2.75. The lowest BCUT2D eigenvalue weighted by Gasteiger charge is -2.08. The number of benzene rings is 2. The number of nitro benzene ring substituents is 1. The average Bonchev–Trinajstić information content (AvgIpc) is 2.46. The second kappa shape index (κ2) is 5.92. The molecule has 0 unspecified atom stereocenters. The van der Waals surface area contributed by atoms with Gasteiger partial charge in [0.15, 0.2) is 0 Å². The number of rotatable bonds is 4. The van der Waals surface area contributed by atoms with Crippen LogP contribution in [0.2, 0.25) is 0 Å². The Morgan fingerprint density at radius 3 is 2.23 bits per heavy atom. The third-order valence-corrected chi connectivity index (χ3v) is 3.67. The minimum atomic E-state index is -4.48. The molecule has 0 aromatic heterocycles. The molecule has 114 valence electrons. The number of nitrogens with zero attached hydrogens (tertiary/aromatic N) is 1. The predicted octanol–water partition coefficient (Wildman–Crippen LogP) is 2.09. The number of nitro groups is 1. The zero-order chi connectivity index (χ0) is 16.3. The van der Waals surface area contributed by atoms with Crippen molar-refractivity contribution in [1.29, 1.82) is 0 Å². The molecule has 2 N–H and O–H groups in total. The number of carbonyl (C=O) groups excluding carboxylic acids is 1. The first kappa shape index (κ1) is 15.6. The van der Waals surface area contributed by atoms with Crippen LogP contribution in [0.1, 0.15) is 10.4 Å². The van der Waals surface area contributed by atoms with Gasteiger partial charge in [0.2, 0.25) is 0 Å². The molecule has 0 radical (unpaired) electrons. The van der Waals surface area contributed by atoms with Crippen molar-refractivity contribution in [2.45, 2.75) is 4.90 Å². The molecule has 0 aliphatic heterocycles. The summed E-state index contributed by atoms with van der Waals surface area (Å²) >= 11 is 0. The second-order valence-corrected chi connectivity index (χ2v) is 5.62. The van der Waals surface area contributed by atoms with Gasteiger partial charge in [-0.15, -0.1) is 0 Å². The summed E-state index contributed by atoms with van der Waals surface area (Å²) in [6.07, 6.45) is 0. The summed E-state index contributed by atoms with van der Waals surface area (Å²) < 4.78 is 31.5. The number of non-ortho nitro benzene ring substituents is 1. The molecule has 0 aliphatic carbocycles. The van der Waals surface area contributed by atoms with Gasteiger partial charge in [0.05, 0.1) is 10.6 Å². The van der Waals surface area contributed by atoms with Gasteiger partial charge in [-0.25, -0.2) is 0 Å². The number of carbonyl (C=O) groups is 1. The largest absolute Gasteiger partial charge is 0.321 e. The zero-order valence-electron chi connectivity index (χ0n) is 11.0. The summed E-state index contributed by atoms with van der Waals surface area (Å²) in [5, 5.41) is 12.9. The Bertz CT molecular complexity index is 830. The number of hydrogen-bond acceptors (Lipinski definition) is 5. The highest BCUT2D eigenvalue weighted by molar-refractivity contribution is 7.86. The minimum Gasteiger partial charge on any atom is -0.321 e. The molecule has 0 heterocycles. The average molecular weight is 322 g/mol. The van der Waals surface area contributed by atoms with Gasteiger partial charge in [-0.05, 0) is 24.3 Å². The SMILES string of the molecule is O=C(Nc1ccccc1S(=O)(=O)O)c1ccc([N+](=O)[O-])cc1. The summed E-state index contributed by atoms with van der Waals surface area (Å²) in [5.41, 5.74) is -0.154. The lowest BCUT2D eigenvalue weighted by molar-refractivity contribution is -0.384. The molecule has 2 rings (SSSR count). The van der Waals surface area contributed by atoms with Crippen LogP contribution in [0, 0.1) is 10.1 Å². The van der Waals surface area contributed by atoms with E-state index in [0.29, 0.717) is 0 Å². The molecule has 2 aromatic carbocycles. The van der Waals surface area contributed by atoms with Crippen LogP contribution in [0.15, 0.2) is 53.4 Å². The predicted molar refractivity (Wildman–Crippen MR) is 77.3 cm³/mol. The zero-order valence-corrected chi connectivity index (χ0v) is 11.8. The number of amides is 1. The van der Waals surface area contributed by atoms with E-state index in [1.54, 1.807) is 0 Å². The van der Waals surface area contributed by atoms with Gasteiger partial charge in [-0.2, -0.15) is 8.42 Å². The molecular formula is C13H10N2O6S. The Balaban J connectivity index is 2.28. The van der Waals surface area contributed by atoms with Gasteiger partial charge in [-0.1, -0.05) is 12.1 Å². The monoisotopic (exact) mass is 322 g/mol. The number of hydrogen-bond donors (Lipinski definition) is 2. The van der Waals surface area contributed by atoms with Crippen LogP contribution in [-0.4, -0.2) is 23.8 Å². The van der Waals surface area contributed by atoms with Crippen LogP contribution < -0.4 is 5.32 Å². The quantitative estimate of drug-likeness (QED) is 0.504. The van der Waals surface area contributed by atoms with E-state index < -0.39 is 25.8 Å². The first-order valence-electron chi connectivity index (χ1n) is 5.91. The second-order valence-electron chi connectivity index (χ2n) is 4.23. The first-order chi connectivity index (χ1) is 10.3. The Morgan fingerprint density at radius 1 is 1.09 bits per heavy atom. The summed E-state index contributed by atoms with van der Waals surface area (Å²) in [7, 11) is -4.48. The van der Waals surface area contributed by atoms with Crippen LogP contribution in [0.3, 0.4) is 0 Å². The van der Waals surface area contributed by atoms with E-state index in [2.05, 4.69) is 5.32 Å². The van der Waals surface area contributed by atoms with Crippen molar-refractivity contribution < 1.29 is 22.7 Å². The summed E-state index contributed by atoms with van der Waals surface area (Å²) in [6.45, 7) is 0. The van der Waals surface area contributed by atoms with Crippen LogP contribution in [-0.2, 0) is 10.1 Å². The molecule has 2 aromatic rings. The van der Waals surface area contributed by atoms with E-state index in [4.69, 9.17) is 4.55 Å². The van der Waals surface area contributed by atoms with Crippen molar-refractivity contribution in [3.63, 3.8) is 0 Å². The molecule has 0 fully saturated rings. The fraction of sp³-hybridized carbons (Fsp3) is 0. The highest BCUT2D eigenvalue weighted by atomic mass is 32.2. The van der Waals surface area contributed by atoms with Crippen LogP contribution in [0.5, 0.6) is 0 Å². The van der Waals surface area contributed by atoms with Gasteiger partial charge in [-0.3, -0.25) is 19.5 Å². The minimum absolute atomic E-state index is 0.0895. The van der Waals surface area contributed by atoms with Gasteiger partial charge in [0.25, 0.3) is 21.7 Å². The molecular weight excluding hydrogens is 312 g/mol. The van der Waals surface area contributed by atoms with Gasteiger partial charge < -0.3 is 5.32 Å². The van der Waals surface area contributed by atoms with Gasteiger partial charge in [0.1, 0.15) is 4.90 Å². The van der Waals surface area contributed by atoms with Crippen molar-refractivity contribution >= 4 is 27.4 Å². The number of para-hydroxylation sites is 1. The summed E-state index contributed by atoms with van der Waals surface area (Å²) in [4.78, 5) is 21.5. The van der Waals surface area contributed by atoms with E-state index >= 15 is 0 Å². The normalized spacial score (nSPS) is 11.0. The maximum atomic E-state index is 12.0. The molecule has 1 amide bonds. The van der Waals surface area contributed by atoms with E-state index in [1.807, 2.05) is 0 Å². The van der Waals surface area contributed by atoms with E-state index in [9.17, 15) is 23.3 Å².